The first-order chi connectivity index (χ1) is 18.7. The first kappa shape index (κ1) is 27.8. The van der Waals surface area contributed by atoms with E-state index in [4.69, 9.17) is 9.47 Å². The summed E-state index contributed by atoms with van der Waals surface area (Å²) >= 11 is 1.52. The van der Waals surface area contributed by atoms with Crippen LogP contribution in [0.1, 0.15) is 40.0 Å². The third kappa shape index (κ3) is 4.47. The van der Waals surface area contributed by atoms with Gasteiger partial charge in [-0.1, -0.05) is 38.2 Å². The second-order valence-corrected chi connectivity index (χ2v) is 13.1. The number of rotatable bonds is 5. The molecule has 0 saturated carbocycles. The SMILES string of the molecule is COc1ccc(N2CC=C[C@]34S[C@@]5(C)/C=C\CCCCOC(=O)[C@H]5[C@H]3C(=O)N([C@@H](CO)C(C)C)C4C2=O)cc1. The summed E-state index contributed by atoms with van der Waals surface area (Å²) in [6.07, 6.45) is 10.6. The Morgan fingerprint density at radius 3 is 2.49 bits per heavy atom. The maximum atomic E-state index is 14.6. The Morgan fingerprint density at radius 1 is 1.08 bits per heavy atom. The molecular formula is C30H38N2O6S. The molecule has 2 amide bonds. The number of carbonyl (C=O) groups excluding carboxylic acids is 3. The molecule has 6 atom stereocenters. The lowest BCUT2D eigenvalue weighted by molar-refractivity contribution is -0.155. The number of carbonyl (C=O) groups is 3. The van der Waals surface area contributed by atoms with E-state index in [2.05, 4.69) is 6.08 Å². The van der Waals surface area contributed by atoms with Gasteiger partial charge in [0.2, 0.25) is 5.91 Å². The summed E-state index contributed by atoms with van der Waals surface area (Å²) in [5.74, 6) is -1.86. The monoisotopic (exact) mass is 554 g/mol. The van der Waals surface area contributed by atoms with E-state index < -0.39 is 39.4 Å². The van der Waals surface area contributed by atoms with Gasteiger partial charge in [0.1, 0.15) is 11.8 Å². The number of methoxy groups -OCH3 is 1. The number of hydrogen-bond acceptors (Lipinski definition) is 7. The van der Waals surface area contributed by atoms with E-state index in [1.807, 2.05) is 51.1 Å². The molecular weight excluding hydrogens is 516 g/mol. The van der Waals surface area contributed by atoms with Crippen LogP contribution in [-0.4, -0.2) is 76.2 Å². The van der Waals surface area contributed by atoms with Gasteiger partial charge in [0.05, 0.1) is 42.9 Å². The number of benzene rings is 1. The van der Waals surface area contributed by atoms with Crippen LogP contribution in [0.5, 0.6) is 5.75 Å². The number of ether oxygens (including phenoxy) is 2. The minimum absolute atomic E-state index is 0.100. The molecule has 1 unspecified atom stereocenters. The van der Waals surface area contributed by atoms with Crippen molar-refractivity contribution in [3.05, 3.63) is 48.6 Å². The van der Waals surface area contributed by atoms with Gasteiger partial charge >= 0.3 is 5.97 Å². The third-order valence-electron chi connectivity index (χ3n) is 8.64. The standard InChI is InChI=1S/C30H38N2O6S/c1-19(2)22(18-33)32-25-27(35)31(20-10-12-21(37-4)13-11-20)16-9-15-30(25)23(26(32)34)24-28(36)38-17-8-6-5-7-14-29(24,3)39-30/h7,9-15,19,22-25,33H,5-6,8,16-18H2,1-4H3/b14-7-/t22-,23-,24+,25?,29-,30-/m0/s1. The molecule has 0 aliphatic carbocycles. The maximum absolute atomic E-state index is 14.6. The highest BCUT2D eigenvalue weighted by Gasteiger charge is 2.74. The average Bonchev–Trinajstić information content (AvgIpc) is 3.24. The molecule has 8 nitrogen and oxygen atoms in total. The van der Waals surface area contributed by atoms with Gasteiger partial charge in [0, 0.05) is 17.0 Å². The Balaban J connectivity index is 1.66. The van der Waals surface area contributed by atoms with Gasteiger partial charge in [-0.05, 0) is 56.4 Å². The van der Waals surface area contributed by atoms with E-state index in [9.17, 15) is 19.5 Å². The molecule has 4 heterocycles. The molecule has 0 bridgehead atoms. The van der Waals surface area contributed by atoms with Crippen LogP contribution in [0.2, 0.25) is 0 Å². The first-order valence-electron chi connectivity index (χ1n) is 13.8. The summed E-state index contributed by atoms with van der Waals surface area (Å²) in [7, 11) is 1.59. The number of allylic oxidation sites excluding steroid dienone is 1. The lowest BCUT2D eigenvalue weighted by atomic mass is 9.74. The number of aliphatic hydroxyl groups excluding tert-OH is 1. The quantitative estimate of drug-likeness (QED) is 0.439. The van der Waals surface area contributed by atoms with Gasteiger partial charge in [-0.25, -0.2) is 0 Å². The number of amides is 2. The van der Waals surface area contributed by atoms with E-state index in [0.29, 0.717) is 24.6 Å². The molecule has 1 aromatic carbocycles. The lowest BCUT2D eigenvalue weighted by Gasteiger charge is -2.41. The van der Waals surface area contributed by atoms with Gasteiger partial charge in [-0.3, -0.25) is 14.4 Å². The summed E-state index contributed by atoms with van der Waals surface area (Å²) in [4.78, 5) is 46.0. The average molecular weight is 555 g/mol. The number of esters is 1. The van der Waals surface area contributed by atoms with Gasteiger partial charge in [0.15, 0.2) is 0 Å². The van der Waals surface area contributed by atoms with Gasteiger partial charge in [-0.15, -0.1) is 11.8 Å². The zero-order valence-corrected chi connectivity index (χ0v) is 23.9. The predicted octanol–water partition coefficient (Wildman–Crippen LogP) is 3.59. The molecule has 5 rings (SSSR count). The Morgan fingerprint density at radius 2 is 1.82 bits per heavy atom. The highest BCUT2D eigenvalue weighted by atomic mass is 32.2. The fourth-order valence-corrected chi connectivity index (χ4v) is 8.85. The predicted molar refractivity (Wildman–Crippen MR) is 150 cm³/mol. The van der Waals surface area contributed by atoms with Crippen LogP contribution in [0.4, 0.5) is 5.69 Å². The molecule has 2 saturated heterocycles. The molecule has 4 aliphatic heterocycles. The number of anilines is 1. The zero-order valence-electron chi connectivity index (χ0n) is 23.0. The van der Waals surface area contributed by atoms with E-state index in [-0.39, 0.29) is 24.3 Å². The van der Waals surface area contributed by atoms with Crippen molar-refractivity contribution in [2.45, 2.75) is 61.6 Å². The van der Waals surface area contributed by atoms with E-state index in [1.54, 1.807) is 29.0 Å². The number of hydrogen-bond donors (Lipinski definition) is 1. The fourth-order valence-electron chi connectivity index (χ4n) is 6.71. The van der Waals surface area contributed by atoms with Crippen molar-refractivity contribution in [2.75, 3.05) is 31.8 Å². The summed E-state index contributed by atoms with van der Waals surface area (Å²) in [6, 6.07) is 5.80. The second-order valence-electron chi connectivity index (χ2n) is 11.4. The number of likely N-dealkylation sites (tertiary alicyclic amines) is 1. The number of aliphatic hydroxyl groups is 1. The molecule has 4 aliphatic rings. The number of cyclic esters (lactones) is 1. The highest BCUT2D eigenvalue weighted by Crippen LogP contribution is 2.65. The number of thioether (sulfide) groups is 1. The minimum atomic E-state index is -0.992. The van der Waals surface area contributed by atoms with E-state index in [1.165, 1.54) is 11.8 Å². The van der Waals surface area contributed by atoms with Crippen molar-refractivity contribution >= 4 is 35.2 Å². The van der Waals surface area contributed by atoms with E-state index in [0.717, 1.165) is 19.3 Å². The van der Waals surface area contributed by atoms with Crippen molar-refractivity contribution in [3.8, 4) is 5.75 Å². The molecule has 9 heteroatoms. The molecule has 39 heavy (non-hydrogen) atoms. The van der Waals surface area contributed by atoms with Crippen molar-refractivity contribution < 1.29 is 29.0 Å². The van der Waals surface area contributed by atoms with Crippen LogP contribution in [0.3, 0.4) is 0 Å². The molecule has 1 aromatic rings. The molecule has 1 N–H and O–H groups in total. The van der Waals surface area contributed by atoms with Crippen LogP contribution in [0.15, 0.2) is 48.6 Å². The number of nitrogens with zero attached hydrogens (tertiary/aromatic N) is 2. The molecule has 0 aromatic heterocycles. The maximum Gasteiger partial charge on any atom is 0.311 e. The summed E-state index contributed by atoms with van der Waals surface area (Å²) in [5, 5.41) is 10.4. The zero-order chi connectivity index (χ0) is 27.9. The minimum Gasteiger partial charge on any atom is -0.497 e. The topological polar surface area (TPSA) is 96.4 Å². The lowest BCUT2D eigenvalue weighted by Crippen LogP contribution is -2.58. The normalized spacial score (nSPS) is 34.2. The van der Waals surface area contributed by atoms with Crippen LogP contribution in [0.25, 0.3) is 0 Å². The summed E-state index contributed by atoms with van der Waals surface area (Å²) < 4.78 is 9.31. The first-order valence-corrected chi connectivity index (χ1v) is 14.6. The van der Waals surface area contributed by atoms with Crippen LogP contribution in [-0.2, 0) is 19.1 Å². The smallest absolute Gasteiger partial charge is 0.311 e. The molecule has 0 radical (unpaired) electrons. The Labute approximate surface area is 234 Å². The van der Waals surface area contributed by atoms with Crippen molar-refractivity contribution in [2.24, 2.45) is 17.8 Å². The summed E-state index contributed by atoms with van der Waals surface area (Å²) in [6.45, 7) is 6.22. The van der Waals surface area contributed by atoms with Crippen molar-refractivity contribution in [1.29, 1.82) is 0 Å². The largest absolute Gasteiger partial charge is 0.497 e. The third-order valence-corrected chi connectivity index (χ3v) is 10.4. The molecule has 210 valence electrons. The van der Waals surface area contributed by atoms with Gasteiger partial charge < -0.3 is 24.4 Å². The van der Waals surface area contributed by atoms with Crippen LogP contribution < -0.4 is 9.64 Å². The molecule has 1 spiro atoms. The van der Waals surface area contributed by atoms with Crippen LogP contribution >= 0.6 is 11.8 Å². The van der Waals surface area contributed by atoms with E-state index >= 15 is 0 Å². The summed E-state index contributed by atoms with van der Waals surface area (Å²) in [5.41, 5.74) is 0.691. The second kappa shape index (κ2) is 10.7. The Bertz CT molecular complexity index is 1180. The molecule has 2 fully saturated rings. The highest BCUT2D eigenvalue weighted by molar-refractivity contribution is 8.02. The fraction of sp³-hybridized carbons (Fsp3) is 0.567. The Kier molecular flexibility index (Phi) is 7.59. The number of fused-ring (bicyclic) bond motifs is 2. The van der Waals surface area contributed by atoms with Crippen molar-refractivity contribution in [1.82, 2.24) is 4.90 Å². The van der Waals surface area contributed by atoms with Crippen molar-refractivity contribution in [3.63, 3.8) is 0 Å². The van der Waals surface area contributed by atoms with Gasteiger partial charge in [0.25, 0.3) is 5.91 Å². The van der Waals surface area contributed by atoms with Gasteiger partial charge in [-0.2, -0.15) is 0 Å². The Hall–Kier alpha value is -2.78. The van der Waals surface area contributed by atoms with Crippen LogP contribution in [0, 0.1) is 17.8 Å².